The van der Waals surface area contributed by atoms with Crippen molar-refractivity contribution in [3.63, 3.8) is 0 Å². The Bertz CT molecular complexity index is 1190. The highest BCUT2D eigenvalue weighted by Gasteiger charge is 2.40. The van der Waals surface area contributed by atoms with E-state index in [2.05, 4.69) is 36.3 Å². The van der Waals surface area contributed by atoms with Crippen LogP contribution < -0.4 is 5.32 Å². The molecule has 1 aliphatic heterocycles. The molecule has 1 unspecified atom stereocenters. The summed E-state index contributed by atoms with van der Waals surface area (Å²) in [5.41, 5.74) is 3.00. The molecule has 0 spiro atoms. The standard InChI is InChI=1S/C21H22ClN3O3S3/c1-13(2)14-5-7-15(8-6-14)16-12-29-21(23-16)24-20(26)17-4-3-11-25(17)31(27,28)19-10-9-18(22)30-19/h5-10,12-13,17H,3-4,11H2,1-2H3,(H,23,24,26). The summed E-state index contributed by atoms with van der Waals surface area (Å²) in [5.74, 6) is 0.0926. The van der Waals surface area contributed by atoms with Gasteiger partial charge in [0.15, 0.2) is 5.13 Å². The van der Waals surface area contributed by atoms with Gasteiger partial charge >= 0.3 is 0 Å². The number of carbonyl (C=O) groups excluding carboxylic acids is 1. The first kappa shape index (κ1) is 22.4. The van der Waals surface area contributed by atoms with Gasteiger partial charge in [-0.25, -0.2) is 13.4 Å². The molecule has 31 heavy (non-hydrogen) atoms. The molecule has 10 heteroatoms. The number of carbonyl (C=O) groups is 1. The summed E-state index contributed by atoms with van der Waals surface area (Å²) in [5, 5.41) is 5.14. The van der Waals surface area contributed by atoms with E-state index in [9.17, 15) is 13.2 Å². The van der Waals surface area contributed by atoms with Crippen LogP contribution in [0.5, 0.6) is 0 Å². The van der Waals surface area contributed by atoms with E-state index in [1.54, 1.807) is 6.07 Å². The molecular weight excluding hydrogens is 474 g/mol. The zero-order valence-electron chi connectivity index (χ0n) is 17.0. The largest absolute Gasteiger partial charge is 0.301 e. The van der Waals surface area contributed by atoms with E-state index in [0.29, 0.717) is 34.8 Å². The molecule has 1 N–H and O–H groups in total. The molecule has 1 atom stereocenters. The SMILES string of the molecule is CC(C)c1ccc(-c2csc(NC(=O)C3CCCN3S(=O)(=O)c3ccc(Cl)s3)n2)cc1. The van der Waals surface area contributed by atoms with Gasteiger partial charge in [0, 0.05) is 17.5 Å². The van der Waals surface area contributed by atoms with Gasteiger partial charge in [0.25, 0.3) is 10.0 Å². The number of thiophene rings is 1. The van der Waals surface area contributed by atoms with Crippen LogP contribution in [0, 0.1) is 0 Å². The first-order valence-corrected chi connectivity index (χ1v) is 13.4. The van der Waals surface area contributed by atoms with Crippen molar-refractivity contribution in [2.24, 2.45) is 0 Å². The average molecular weight is 496 g/mol. The second-order valence-corrected chi connectivity index (χ2v) is 12.3. The smallest absolute Gasteiger partial charge is 0.253 e. The second kappa shape index (κ2) is 8.99. The Morgan fingerprint density at radius 2 is 1.97 bits per heavy atom. The van der Waals surface area contributed by atoms with Crippen LogP contribution in [0.15, 0.2) is 46.0 Å². The maximum atomic E-state index is 13.0. The topological polar surface area (TPSA) is 79.4 Å². The van der Waals surface area contributed by atoms with E-state index in [1.165, 1.54) is 27.3 Å². The van der Waals surface area contributed by atoms with E-state index < -0.39 is 16.1 Å². The van der Waals surface area contributed by atoms with Gasteiger partial charge in [-0.3, -0.25) is 4.79 Å². The van der Waals surface area contributed by atoms with Gasteiger partial charge < -0.3 is 5.32 Å². The fourth-order valence-corrected chi connectivity index (χ4v) is 7.52. The Morgan fingerprint density at radius 3 is 2.61 bits per heavy atom. The van der Waals surface area contributed by atoms with Crippen molar-refractivity contribution in [1.29, 1.82) is 0 Å². The van der Waals surface area contributed by atoms with Crippen molar-refractivity contribution < 1.29 is 13.2 Å². The predicted molar refractivity (Wildman–Crippen MR) is 127 cm³/mol. The highest BCUT2D eigenvalue weighted by Crippen LogP contribution is 2.33. The molecule has 6 nitrogen and oxygen atoms in total. The quantitative estimate of drug-likeness (QED) is 0.493. The highest BCUT2D eigenvalue weighted by molar-refractivity contribution is 7.91. The monoisotopic (exact) mass is 495 g/mol. The number of benzene rings is 1. The molecule has 3 aromatic rings. The summed E-state index contributed by atoms with van der Waals surface area (Å²) in [6.45, 7) is 4.59. The number of hydrogen-bond acceptors (Lipinski definition) is 6. The Hall–Kier alpha value is -1.78. The van der Waals surface area contributed by atoms with E-state index in [-0.39, 0.29) is 10.1 Å². The molecule has 0 aliphatic carbocycles. The molecule has 1 aliphatic rings. The van der Waals surface area contributed by atoms with Crippen molar-refractivity contribution in [2.45, 2.75) is 42.9 Å². The summed E-state index contributed by atoms with van der Waals surface area (Å²) in [7, 11) is -3.76. The van der Waals surface area contributed by atoms with Crippen molar-refractivity contribution in [2.75, 3.05) is 11.9 Å². The van der Waals surface area contributed by atoms with Crippen molar-refractivity contribution in [1.82, 2.24) is 9.29 Å². The number of rotatable bonds is 6. The number of thiazole rings is 1. The summed E-state index contributed by atoms with van der Waals surface area (Å²) in [6, 6.07) is 10.5. The Kier molecular flexibility index (Phi) is 6.50. The van der Waals surface area contributed by atoms with Crippen molar-refractivity contribution >= 4 is 55.3 Å². The zero-order chi connectivity index (χ0) is 22.2. The van der Waals surface area contributed by atoms with Crippen LogP contribution in [0.4, 0.5) is 5.13 Å². The third-order valence-electron chi connectivity index (χ3n) is 5.23. The fraction of sp³-hybridized carbons (Fsp3) is 0.333. The Balaban J connectivity index is 1.48. The summed E-state index contributed by atoms with van der Waals surface area (Å²) in [4.78, 5) is 17.4. The maximum absolute atomic E-state index is 13.0. The van der Waals surface area contributed by atoms with Gasteiger partial charge in [0.2, 0.25) is 5.91 Å². The lowest BCUT2D eigenvalue weighted by Crippen LogP contribution is -2.42. The molecule has 1 fully saturated rings. The second-order valence-electron chi connectivity index (χ2n) is 7.64. The first-order valence-electron chi connectivity index (χ1n) is 9.89. The molecule has 0 bridgehead atoms. The van der Waals surface area contributed by atoms with Gasteiger partial charge in [0.1, 0.15) is 10.3 Å². The molecular formula is C21H22ClN3O3S3. The molecule has 164 valence electrons. The number of anilines is 1. The number of sulfonamides is 1. The molecule has 1 amide bonds. The van der Waals surface area contributed by atoms with E-state index in [0.717, 1.165) is 22.6 Å². The van der Waals surface area contributed by atoms with E-state index in [1.807, 2.05) is 17.5 Å². The zero-order valence-corrected chi connectivity index (χ0v) is 20.2. The van der Waals surface area contributed by atoms with Gasteiger partial charge in [-0.2, -0.15) is 4.31 Å². The lowest BCUT2D eigenvalue weighted by Gasteiger charge is -2.22. The number of hydrogen-bond donors (Lipinski definition) is 1. The number of amides is 1. The van der Waals surface area contributed by atoms with Crippen molar-refractivity contribution in [3.05, 3.63) is 51.7 Å². The minimum Gasteiger partial charge on any atom is -0.301 e. The lowest BCUT2D eigenvalue weighted by atomic mass is 10.0. The summed E-state index contributed by atoms with van der Waals surface area (Å²) < 4.78 is 27.7. The van der Waals surface area contributed by atoms with Crippen LogP contribution in [0.2, 0.25) is 4.34 Å². The number of nitrogens with zero attached hydrogens (tertiary/aromatic N) is 2. The molecule has 4 rings (SSSR count). The van der Waals surface area contributed by atoms with Crippen LogP contribution in [-0.2, 0) is 14.8 Å². The number of aromatic nitrogens is 1. The third kappa shape index (κ3) is 4.70. The van der Waals surface area contributed by atoms with E-state index in [4.69, 9.17) is 11.6 Å². The molecule has 2 aromatic heterocycles. The van der Waals surface area contributed by atoms with Crippen LogP contribution in [-0.4, -0.2) is 36.2 Å². The fourth-order valence-electron chi connectivity index (χ4n) is 3.53. The van der Waals surface area contributed by atoms with Crippen LogP contribution >= 0.6 is 34.3 Å². The number of halogens is 1. The lowest BCUT2D eigenvalue weighted by molar-refractivity contribution is -0.119. The third-order valence-corrected chi connectivity index (χ3v) is 9.59. The molecule has 1 saturated heterocycles. The van der Waals surface area contributed by atoms with Crippen LogP contribution in [0.3, 0.4) is 0 Å². The summed E-state index contributed by atoms with van der Waals surface area (Å²) >= 11 is 8.23. The van der Waals surface area contributed by atoms with Gasteiger partial charge in [-0.05, 0) is 36.5 Å². The van der Waals surface area contributed by atoms with E-state index >= 15 is 0 Å². The Morgan fingerprint density at radius 1 is 1.23 bits per heavy atom. The highest BCUT2D eigenvalue weighted by atomic mass is 35.5. The normalized spacial score (nSPS) is 17.4. The average Bonchev–Trinajstić information content (AvgIpc) is 3.48. The minimum atomic E-state index is -3.76. The Labute approximate surface area is 194 Å². The predicted octanol–water partition coefficient (Wildman–Crippen LogP) is 5.44. The first-order chi connectivity index (χ1) is 14.8. The van der Waals surface area contributed by atoms with Gasteiger partial charge in [0.05, 0.1) is 10.0 Å². The van der Waals surface area contributed by atoms with Crippen molar-refractivity contribution in [3.8, 4) is 11.3 Å². The summed E-state index contributed by atoms with van der Waals surface area (Å²) in [6.07, 6.45) is 1.10. The maximum Gasteiger partial charge on any atom is 0.253 e. The molecule has 0 saturated carbocycles. The van der Waals surface area contributed by atoms with Gasteiger partial charge in [-0.1, -0.05) is 49.7 Å². The van der Waals surface area contributed by atoms with Crippen LogP contribution in [0.1, 0.15) is 38.2 Å². The minimum absolute atomic E-state index is 0.151. The van der Waals surface area contributed by atoms with Gasteiger partial charge in [-0.15, -0.1) is 22.7 Å². The van der Waals surface area contributed by atoms with Crippen LogP contribution in [0.25, 0.3) is 11.3 Å². The molecule has 3 heterocycles. The number of nitrogens with one attached hydrogen (secondary N) is 1. The molecule has 1 aromatic carbocycles. The molecule has 0 radical (unpaired) electrons.